The lowest BCUT2D eigenvalue weighted by molar-refractivity contribution is -0.121. The number of carbonyl (C=O) groups is 1. The minimum atomic E-state index is -0.280. The zero-order valence-electron chi connectivity index (χ0n) is 10.7. The molecular weight excluding hydrogens is 233 g/mol. The van der Waals surface area contributed by atoms with Gasteiger partial charge in [0.05, 0.1) is 6.61 Å². The lowest BCUT2D eigenvalue weighted by atomic mass is 10.3. The van der Waals surface area contributed by atoms with E-state index < -0.39 is 0 Å². The smallest absolute Gasteiger partial charge is 0.220 e. The molecule has 0 fully saturated rings. The lowest BCUT2D eigenvalue weighted by Gasteiger charge is -2.06. The summed E-state index contributed by atoms with van der Waals surface area (Å²) in [5, 5.41) is 2.85. The molecule has 0 saturated heterocycles. The summed E-state index contributed by atoms with van der Waals surface area (Å²) in [5.74, 6) is 0.409. The molecule has 0 heterocycles. The van der Waals surface area contributed by atoms with Gasteiger partial charge in [-0.2, -0.15) is 0 Å². The molecule has 0 spiro atoms. The molecule has 18 heavy (non-hydrogen) atoms. The monoisotopic (exact) mass is 253 g/mol. The lowest BCUT2D eigenvalue weighted by Crippen LogP contribution is -2.24. The standard InChI is InChI=1S/C14H20FNO2/c1-2-3-10-16-14(17)5-4-11-18-13-8-6-12(15)7-9-13/h6-9H,2-5,10-11H2,1H3,(H,16,17). The van der Waals surface area contributed by atoms with Crippen molar-refractivity contribution in [3.05, 3.63) is 30.1 Å². The van der Waals surface area contributed by atoms with Crippen LogP contribution in [-0.2, 0) is 4.79 Å². The van der Waals surface area contributed by atoms with Gasteiger partial charge in [0.25, 0.3) is 0 Å². The second kappa shape index (κ2) is 8.50. The van der Waals surface area contributed by atoms with E-state index in [9.17, 15) is 9.18 Å². The number of ether oxygens (including phenoxy) is 1. The minimum absolute atomic E-state index is 0.0613. The molecule has 1 N–H and O–H groups in total. The number of benzene rings is 1. The SMILES string of the molecule is CCCCNC(=O)CCCOc1ccc(F)cc1. The molecule has 0 saturated carbocycles. The molecule has 1 aromatic carbocycles. The predicted molar refractivity (Wildman–Crippen MR) is 69.0 cm³/mol. The summed E-state index contributed by atoms with van der Waals surface area (Å²) in [4.78, 5) is 11.4. The third-order valence-electron chi connectivity index (χ3n) is 2.48. The van der Waals surface area contributed by atoms with E-state index in [0.29, 0.717) is 25.2 Å². The van der Waals surface area contributed by atoms with E-state index >= 15 is 0 Å². The molecule has 1 rings (SSSR count). The molecule has 0 atom stereocenters. The van der Waals surface area contributed by atoms with Crippen molar-refractivity contribution < 1.29 is 13.9 Å². The van der Waals surface area contributed by atoms with Crippen molar-refractivity contribution in [2.24, 2.45) is 0 Å². The first-order valence-electron chi connectivity index (χ1n) is 6.37. The Balaban J connectivity index is 2.07. The number of halogens is 1. The van der Waals surface area contributed by atoms with Crippen LogP contribution in [0.5, 0.6) is 5.75 Å². The molecule has 1 amide bonds. The predicted octanol–water partition coefficient (Wildman–Crippen LogP) is 2.90. The zero-order chi connectivity index (χ0) is 13.2. The summed E-state index contributed by atoms with van der Waals surface area (Å²) >= 11 is 0. The maximum Gasteiger partial charge on any atom is 0.220 e. The van der Waals surface area contributed by atoms with Crippen molar-refractivity contribution in [3.63, 3.8) is 0 Å². The van der Waals surface area contributed by atoms with Crippen molar-refractivity contribution in [2.75, 3.05) is 13.2 Å². The normalized spacial score (nSPS) is 10.1. The summed E-state index contributed by atoms with van der Waals surface area (Å²) in [6.45, 7) is 3.30. The third kappa shape index (κ3) is 6.23. The Morgan fingerprint density at radius 3 is 2.67 bits per heavy atom. The molecule has 0 bridgehead atoms. The van der Waals surface area contributed by atoms with Crippen LogP contribution in [0.4, 0.5) is 4.39 Å². The van der Waals surface area contributed by atoms with Crippen LogP contribution in [0.2, 0.25) is 0 Å². The number of carbonyl (C=O) groups excluding carboxylic acids is 1. The summed E-state index contributed by atoms with van der Waals surface area (Å²) < 4.78 is 18.0. The van der Waals surface area contributed by atoms with Crippen molar-refractivity contribution in [1.82, 2.24) is 5.32 Å². The highest BCUT2D eigenvalue weighted by molar-refractivity contribution is 5.75. The molecule has 0 aromatic heterocycles. The maximum absolute atomic E-state index is 12.6. The molecule has 100 valence electrons. The van der Waals surface area contributed by atoms with Crippen LogP contribution < -0.4 is 10.1 Å². The van der Waals surface area contributed by atoms with Crippen LogP contribution in [0.25, 0.3) is 0 Å². The molecule has 3 nitrogen and oxygen atoms in total. The Morgan fingerprint density at radius 1 is 1.28 bits per heavy atom. The fourth-order valence-electron chi connectivity index (χ4n) is 1.45. The molecule has 0 aliphatic heterocycles. The molecule has 1 aromatic rings. The largest absolute Gasteiger partial charge is 0.494 e. The highest BCUT2D eigenvalue weighted by atomic mass is 19.1. The van der Waals surface area contributed by atoms with E-state index in [2.05, 4.69) is 12.2 Å². The van der Waals surface area contributed by atoms with Crippen LogP contribution in [0.15, 0.2) is 24.3 Å². The first-order chi connectivity index (χ1) is 8.72. The van der Waals surface area contributed by atoms with E-state index in [0.717, 1.165) is 19.4 Å². The van der Waals surface area contributed by atoms with Crippen molar-refractivity contribution in [2.45, 2.75) is 32.6 Å². The quantitative estimate of drug-likeness (QED) is 0.723. The molecule has 0 aliphatic rings. The highest BCUT2D eigenvalue weighted by Crippen LogP contribution is 2.11. The average Bonchev–Trinajstić information content (AvgIpc) is 2.37. The minimum Gasteiger partial charge on any atom is -0.494 e. The van der Waals surface area contributed by atoms with Gasteiger partial charge in [-0.25, -0.2) is 4.39 Å². The topological polar surface area (TPSA) is 38.3 Å². The average molecular weight is 253 g/mol. The van der Waals surface area contributed by atoms with Gasteiger partial charge < -0.3 is 10.1 Å². The summed E-state index contributed by atoms with van der Waals surface area (Å²) in [5.41, 5.74) is 0. The van der Waals surface area contributed by atoms with Crippen LogP contribution in [0.3, 0.4) is 0 Å². The van der Waals surface area contributed by atoms with Gasteiger partial charge in [0, 0.05) is 13.0 Å². The summed E-state index contributed by atoms with van der Waals surface area (Å²) in [6, 6.07) is 5.87. The van der Waals surface area contributed by atoms with Crippen LogP contribution in [-0.4, -0.2) is 19.1 Å². The third-order valence-corrected chi connectivity index (χ3v) is 2.48. The first kappa shape index (κ1) is 14.5. The van der Waals surface area contributed by atoms with Gasteiger partial charge in [-0.05, 0) is 37.1 Å². The van der Waals surface area contributed by atoms with Gasteiger partial charge in [0.2, 0.25) is 5.91 Å². The van der Waals surface area contributed by atoms with Gasteiger partial charge in [-0.1, -0.05) is 13.3 Å². The van der Waals surface area contributed by atoms with Crippen molar-refractivity contribution >= 4 is 5.91 Å². The van der Waals surface area contributed by atoms with Gasteiger partial charge in [0.1, 0.15) is 11.6 Å². The Morgan fingerprint density at radius 2 is 2.00 bits per heavy atom. The van der Waals surface area contributed by atoms with Crippen LogP contribution in [0.1, 0.15) is 32.6 Å². The van der Waals surface area contributed by atoms with E-state index in [-0.39, 0.29) is 11.7 Å². The second-order valence-electron chi connectivity index (χ2n) is 4.11. The Labute approximate surface area is 107 Å². The van der Waals surface area contributed by atoms with E-state index in [1.54, 1.807) is 12.1 Å². The molecular formula is C14H20FNO2. The zero-order valence-corrected chi connectivity index (χ0v) is 10.7. The van der Waals surface area contributed by atoms with E-state index in [1.165, 1.54) is 12.1 Å². The van der Waals surface area contributed by atoms with Gasteiger partial charge >= 0.3 is 0 Å². The number of unbranched alkanes of at least 4 members (excludes halogenated alkanes) is 1. The fraction of sp³-hybridized carbons (Fsp3) is 0.500. The Kier molecular flexibility index (Phi) is 6.84. The molecule has 0 aliphatic carbocycles. The second-order valence-corrected chi connectivity index (χ2v) is 4.11. The van der Waals surface area contributed by atoms with E-state index in [1.807, 2.05) is 0 Å². The number of hydrogen-bond acceptors (Lipinski definition) is 2. The molecule has 0 unspecified atom stereocenters. The highest BCUT2D eigenvalue weighted by Gasteiger charge is 2.00. The summed E-state index contributed by atoms with van der Waals surface area (Å²) in [6.07, 6.45) is 3.21. The Bertz CT molecular complexity index is 351. The fourth-order valence-corrected chi connectivity index (χ4v) is 1.45. The van der Waals surface area contributed by atoms with Crippen LogP contribution in [0, 0.1) is 5.82 Å². The van der Waals surface area contributed by atoms with Gasteiger partial charge in [0.15, 0.2) is 0 Å². The van der Waals surface area contributed by atoms with Gasteiger partial charge in [-0.3, -0.25) is 4.79 Å². The number of amides is 1. The number of hydrogen-bond donors (Lipinski definition) is 1. The van der Waals surface area contributed by atoms with Crippen LogP contribution >= 0.6 is 0 Å². The van der Waals surface area contributed by atoms with Crippen molar-refractivity contribution in [1.29, 1.82) is 0 Å². The maximum atomic E-state index is 12.6. The van der Waals surface area contributed by atoms with E-state index in [4.69, 9.17) is 4.74 Å². The summed E-state index contributed by atoms with van der Waals surface area (Å²) in [7, 11) is 0. The van der Waals surface area contributed by atoms with Crippen molar-refractivity contribution in [3.8, 4) is 5.75 Å². The van der Waals surface area contributed by atoms with Gasteiger partial charge in [-0.15, -0.1) is 0 Å². The molecule has 4 heteroatoms. The number of rotatable bonds is 8. The Hall–Kier alpha value is -1.58. The molecule has 0 radical (unpaired) electrons. The number of nitrogens with one attached hydrogen (secondary N) is 1. The first-order valence-corrected chi connectivity index (χ1v) is 6.37.